The maximum Gasteiger partial charge on any atom is 0.305 e. The maximum atomic E-state index is 12.4. The van der Waals surface area contributed by atoms with Gasteiger partial charge in [0.05, 0.1) is 18.3 Å². The molecule has 1 amide bonds. The average molecular weight is 315 g/mol. The van der Waals surface area contributed by atoms with Crippen LogP contribution in [-0.4, -0.2) is 32.1 Å². The molecule has 6 heteroatoms. The molecule has 0 radical (unpaired) electrons. The third-order valence-electron chi connectivity index (χ3n) is 4.15. The van der Waals surface area contributed by atoms with Crippen molar-refractivity contribution < 1.29 is 14.7 Å². The SMILES string of the molecule is CCC(CC)(CC(=O)O)NC(=O)c1ccc(-n2ccnc2)cc1. The highest BCUT2D eigenvalue weighted by Gasteiger charge is 2.31. The minimum Gasteiger partial charge on any atom is -0.481 e. The van der Waals surface area contributed by atoms with Crippen molar-refractivity contribution in [2.75, 3.05) is 0 Å². The van der Waals surface area contributed by atoms with Crippen LogP contribution in [0.25, 0.3) is 5.69 Å². The Morgan fingerprint density at radius 2 is 1.87 bits per heavy atom. The van der Waals surface area contributed by atoms with Crippen LogP contribution < -0.4 is 5.32 Å². The molecule has 0 aliphatic heterocycles. The smallest absolute Gasteiger partial charge is 0.305 e. The van der Waals surface area contributed by atoms with E-state index >= 15 is 0 Å². The van der Waals surface area contributed by atoms with Gasteiger partial charge in [-0.25, -0.2) is 4.98 Å². The molecule has 0 saturated heterocycles. The topological polar surface area (TPSA) is 84.2 Å². The van der Waals surface area contributed by atoms with Gasteiger partial charge in [-0.3, -0.25) is 9.59 Å². The maximum absolute atomic E-state index is 12.4. The number of hydrogen-bond donors (Lipinski definition) is 2. The summed E-state index contributed by atoms with van der Waals surface area (Å²) in [5, 5.41) is 12.0. The van der Waals surface area contributed by atoms with Crippen molar-refractivity contribution in [2.45, 2.75) is 38.6 Å². The molecule has 2 aromatic rings. The second kappa shape index (κ2) is 7.09. The molecule has 0 fully saturated rings. The molecule has 0 spiro atoms. The molecule has 1 aromatic heterocycles. The molecule has 23 heavy (non-hydrogen) atoms. The van der Waals surface area contributed by atoms with Crippen LogP contribution in [-0.2, 0) is 4.79 Å². The van der Waals surface area contributed by atoms with E-state index in [4.69, 9.17) is 5.11 Å². The van der Waals surface area contributed by atoms with Crippen molar-refractivity contribution in [3.8, 4) is 5.69 Å². The van der Waals surface area contributed by atoms with Gasteiger partial charge in [-0.1, -0.05) is 13.8 Å². The van der Waals surface area contributed by atoms with Crippen molar-refractivity contribution in [2.24, 2.45) is 0 Å². The van der Waals surface area contributed by atoms with E-state index in [0.29, 0.717) is 18.4 Å². The molecule has 2 N–H and O–H groups in total. The fourth-order valence-corrected chi connectivity index (χ4v) is 2.52. The number of rotatable bonds is 7. The van der Waals surface area contributed by atoms with Crippen molar-refractivity contribution >= 4 is 11.9 Å². The van der Waals surface area contributed by atoms with E-state index in [2.05, 4.69) is 10.3 Å². The van der Waals surface area contributed by atoms with E-state index in [-0.39, 0.29) is 12.3 Å². The molecule has 1 heterocycles. The molecule has 0 aliphatic carbocycles. The number of carboxylic acid groups (broad SMARTS) is 1. The number of carbonyl (C=O) groups is 2. The number of nitrogens with zero attached hydrogens (tertiary/aromatic N) is 2. The number of benzene rings is 1. The second-order valence-electron chi connectivity index (χ2n) is 5.53. The third kappa shape index (κ3) is 3.97. The van der Waals surface area contributed by atoms with Gasteiger partial charge in [-0.15, -0.1) is 0 Å². The molecule has 2 rings (SSSR count). The lowest BCUT2D eigenvalue weighted by Gasteiger charge is -2.31. The Hall–Kier alpha value is -2.63. The Bertz CT molecular complexity index is 659. The number of aliphatic carboxylic acids is 1. The molecule has 0 saturated carbocycles. The first-order valence-corrected chi connectivity index (χ1v) is 7.62. The Balaban J connectivity index is 2.14. The summed E-state index contributed by atoms with van der Waals surface area (Å²) in [6.45, 7) is 3.77. The number of imidazole rings is 1. The number of aromatic nitrogens is 2. The highest BCUT2D eigenvalue weighted by molar-refractivity contribution is 5.95. The molecule has 0 bridgehead atoms. The Morgan fingerprint density at radius 3 is 2.35 bits per heavy atom. The lowest BCUT2D eigenvalue weighted by atomic mass is 9.88. The minimum atomic E-state index is -0.913. The first-order valence-electron chi connectivity index (χ1n) is 7.62. The first-order chi connectivity index (χ1) is 11.0. The number of carbonyl (C=O) groups excluding carboxylic acids is 1. The largest absolute Gasteiger partial charge is 0.481 e. The summed E-state index contributed by atoms with van der Waals surface area (Å²) in [6, 6.07) is 7.10. The van der Waals surface area contributed by atoms with Gasteiger partial charge in [-0.05, 0) is 37.1 Å². The molecule has 0 atom stereocenters. The summed E-state index contributed by atoms with van der Waals surface area (Å²) in [5.74, 6) is -1.17. The molecular weight excluding hydrogens is 294 g/mol. The quantitative estimate of drug-likeness (QED) is 0.822. The van der Waals surface area contributed by atoms with Crippen LogP contribution in [0, 0.1) is 0 Å². The van der Waals surface area contributed by atoms with Gasteiger partial charge in [0.1, 0.15) is 0 Å². The normalized spacial score (nSPS) is 11.2. The van der Waals surface area contributed by atoms with Crippen LogP contribution in [0.5, 0.6) is 0 Å². The van der Waals surface area contributed by atoms with Gasteiger partial charge in [0.25, 0.3) is 5.91 Å². The Kier molecular flexibility index (Phi) is 5.16. The van der Waals surface area contributed by atoms with Crippen molar-refractivity contribution in [3.05, 3.63) is 48.5 Å². The first kappa shape index (κ1) is 16.7. The van der Waals surface area contributed by atoms with Gasteiger partial charge >= 0.3 is 5.97 Å². The van der Waals surface area contributed by atoms with E-state index < -0.39 is 11.5 Å². The molecule has 122 valence electrons. The summed E-state index contributed by atoms with van der Waals surface area (Å²) in [4.78, 5) is 27.5. The van der Waals surface area contributed by atoms with E-state index in [0.717, 1.165) is 5.69 Å². The minimum absolute atomic E-state index is 0.0845. The van der Waals surface area contributed by atoms with E-state index in [1.807, 2.05) is 36.7 Å². The Morgan fingerprint density at radius 1 is 1.22 bits per heavy atom. The summed E-state index contributed by atoms with van der Waals surface area (Å²) >= 11 is 0. The van der Waals surface area contributed by atoms with Crippen LogP contribution in [0.3, 0.4) is 0 Å². The third-order valence-corrected chi connectivity index (χ3v) is 4.15. The molecule has 1 aromatic carbocycles. The lowest BCUT2D eigenvalue weighted by molar-refractivity contribution is -0.138. The predicted octanol–water partition coefficient (Wildman–Crippen LogP) is 2.64. The number of amides is 1. The van der Waals surface area contributed by atoms with Gasteiger partial charge in [-0.2, -0.15) is 0 Å². The Labute approximate surface area is 135 Å². The zero-order chi connectivity index (χ0) is 16.9. The van der Waals surface area contributed by atoms with Crippen LogP contribution in [0.1, 0.15) is 43.5 Å². The number of nitrogens with one attached hydrogen (secondary N) is 1. The summed E-state index contributed by atoms with van der Waals surface area (Å²) < 4.78 is 1.84. The zero-order valence-electron chi connectivity index (χ0n) is 13.3. The summed E-state index contributed by atoms with van der Waals surface area (Å²) in [6.07, 6.45) is 6.23. The summed E-state index contributed by atoms with van der Waals surface area (Å²) in [5.41, 5.74) is 0.693. The lowest BCUT2D eigenvalue weighted by Crippen LogP contribution is -2.49. The van der Waals surface area contributed by atoms with E-state index in [1.165, 1.54) is 0 Å². The highest BCUT2D eigenvalue weighted by Crippen LogP contribution is 2.21. The fraction of sp³-hybridized carbons (Fsp3) is 0.353. The predicted molar refractivity (Wildman–Crippen MR) is 86.6 cm³/mol. The van der Waals surface area contributed by atoms with Crippen molar-refractivity contribution in [1.82, 2.24) is 14.9 Å². The highest BCUT2D eigenvalue weighted by atomic mass is 16.4. The average Bonchev–Trinajstić information content (AvgIpc) is 3.08. The molecular formula is C17H21N3O3. The molecule has 0 unspecified atom stereocenters. The zero-order valence-corrected chi connectivity index (χ0v) is 13.3. The van der Waals surface area contributed by atoms with Crippen molar-refractivity contribution in [1.29, 1.82) is 0 Å². The summed E-state index contributed by atoms with van der Waals surface area (Å²) in [7, 11) is 0. The van der Waals surface area contributed by atoms with Crippen LogP contribution in [0.15, 0.2) is 43.0 Å². The standard InChI is InChI=1S/C17H21N3O3/c1-3-17(4-2,11-15(21)22)19-16(23)13-5-7-14(8-6-13)20-10-9-18-12-20/h5-10,12H,3-4,11H2,1-2H3,(H,19,23)(H,21,22). The monoisotopic (exact) mass is 315 g/mol. The number of carboxylic acids is 1. The van der Waals surface area contributed by atoms with Crippen molar-refractivity contribution in [3.63, 3.8) is 0 Å². The van der Waals surface area contributed by atoms with E-state index in [9.17, 15) is 9.59 Å². The van der Waals surface area contributed by atoms with Crippen LogP contribution >= 0.6 is 0 Å². The van der Waals surface area contributed by atoms with Crippen LogP contribution in [0.2, 0.25) is 0 Å². The van der Waals surface area contributed by atoms with E-state index in [1.54, 1.807) is 24.7 Å². The van der Waals surface area contributed by atoms with Gasteiger partial charge in [0.2, 0.25) is 0 Å². The molecule has 6 nitrogen and oxygen atoms in total. The number of hydrogen-bond acceptors (Lipinski definition) is 3. The fourth-order valence-electron chi connectivity index (χ4n) is 2.52. The van der Waals surface area contributed by atoms with Gasteiger partial charge < -0.3 is 15.0 Å². The van der Waals surface area contributed by atoms with Gasteiger partial charge in [0.15, 0.2) is 0 Å². The van der Waals surface area contributed by atoms with Gasteiger partial charge in [0, 0.05) is 23.6 Å². The molecule has 0 aliphatic rings. The second-order valence-corrected chi connectivity index (χ2v) is 5.53. The van der Waals surface area contributed by atoms with Crippen LogP contribution in [0.4, 0.5) is 0 Å².